The molecule has 1 amide bonds. The molecule has 5 nitrogen and oxygen atoms in total. The number of hydrogen-bond acceptors (Lipinski definition) is 4. The fraction of sp³-hybridized carbons (Fsp3) is 0.130. The van der Waals surface area contributed by atoms with Crippen LogP contribution in [0.15, 0.2) is 71.3 Å². The van der Waals surface area contributed by atoms with E-state index in [0.29, 0.717) is 40.8 Å². The maximum Gasteiger partial charge on any atom is 0.257 e. The molecule has 146 valence electrons. The van der Waals surface area contributed by atoms with E-state index in [2.05, 4.69) is 10.5 Å². The lowest BCUT2D eigenvalue weighted by Crippen LogP contribution is -2.28. The quantitative estimate of drug-likeness (QED) is 0.443. The standard InChI is InChI=1S/C23H19ClN2O3/c1-15-21(22(26-29-15)18-10-4-5-11-19(18)24)23(27)25-13-14-28-20-12-6-8-16-7-2-3-9-17(16)20/h2-12H,13-14H2,1H3,(H,25,27). The highest BCUT2D eigenvalue weighted by molar-refractivity contribution is 6.33. The molecule has 0 aliphatic heterocycles. The van der Waals surface area contributed by atoms with Gasteiger partial charge in [-0.15, -0.1) is 0 Å². The van der Waals surface area contributed by atoms with E-state index in [1.54, 1.807) is 19.1 Å². The van der Waals surface area contributed by atoms with Gasteiger partial charge in [0.2, 0.25) is 0 Å². The third-order valence-corrected chi connectivity index (χ3v) is 4.94. The van der Waals surface area contributed by atoms with Crippen LogP contribution in [0, 0.1) is 6.92 Å². The van der Waals surface area contributed by atoms with Crippen LogP contribution in [0.5, 0.6) is 5.75 Å². The van der Waals surface area contributed by atoms with Gasteiger partial charge in [0.1, 0.15) is 29.4 Å². The van der Waals surface area contributed by atoms with Crippen molar-refractivity contribution in [2.45, 2.75) is 6.92 Å². The molecule has 0 unspecified atom stereocenters. The number of nitrogens with zero attached hydrogens (tertiary/aromatic N) is 1. The van der Waals surface area contributed by atoms with E-state index in [1.807, 2.05) is 54.6 Å². The number of aryl methyl sites for hydroxylation is 1. The van der Waals surface area contributed by atoms with Crippen LogP contribution in [0.1, 0.15) is 16.1 Å². The SMILES string of the molecule is Cc1onc(-c2ccccc2Cl)c1C(=O)NCCOc1cccc2ccccc12. The summed E-state index contributed by atoms with van der Waals surface area (Å²) in [5.74, 6) is 0.947. The average molecular weight is 407 g/mol. The van der Waals surface area contributed by atoms with E-state index in [9.17, 15) is 4.79 Å². The average Bonchev–Trinajstić information content (AvgIpc) is 3.12. The first-order chi connectivity index (χ1) is 14.1. The van der Waals surface area contributed by atoms with Crippen LogP contribution in [-0.2, 0) is 0 Å². The smallest absolute Gasteiger partial charge is 0.257 e. The van der Waals surface area contributed by atoms with Gasteiger partial charge in [0, 0.05) is 10.9 Å². The molecule has 4 aromatic rings. The molecule has 0 spiro atoms. The highest BCUT2D eigenvalue weighted by atomic mass is 35.5. The summed E-state index contributed by atoms with van der Waals surface area (Å²) in [4.78, 5) is 12.7. The van der Waals surface area contributed by atoms with Crippen LogP contribution >= 0.6 is 11.6 Å². The number of hydrogen-bond donors (Lipinski definition) is 1. The Morgan fingerprint density at radius 2 is 1.83 bits per heavy atom. The van der Waals surface area contributed by atoms with Crippen molar-refractivity contribution in [3.05, 3.63) is 83.1 Å². The zero-order valence-corrected chi connectivity index (χ0v) is 16.6. The monoisotopic (exact) mass is 406 g/mol. The van der Waals surface area contributed by atoms with Gasteiger partial charge in [-0.05, 0) is 24.4 Å². The van der Waals surface area contributed by atoms with Crippen LogP contribution < -0.4 is 10.1 Å². The number of carbonyl (C=O) groups excluding carboxylic acids is 1. The molecule has 0 saturated carbocycles. The van der Waals surface area contributed by atoms with Crippen LogP contribution in [-0.4, -0.2) is 24.2 Å². The molecule has 29 heavy (non-hydrogen) atoms. The maximum atomic E-state index is 12.7. The summed E-state index contributed by atoms with van der Waals surface area (Å²) in [6.45, 7) is 2.38. The van der Waals surface area contributed by atoms with E-state index in [4.69, 9.17) is 20.9 Å². The first kappa shape index (κ1) is 19.0. The third kappa shape index (κ3) is 3.96. The van der Waals surface area contributed by atoms with Crippen LogP contribution in [0.3, 0.4) is 0 Å². The van der Waals surface area contributed by atoms with Crippen molar-refractivity contribution in [1.82, 2.24) is 10.5 Å². The molecule has 0 atom stereocenters. The number of carbonyl (C=O) groups is 1. The van der Waals surface area contributed by atoms with E-state index in [-0.39, 0.29) is 5.91 Å². The number of fused-ring (bicyclic) bond motifs is 1. The summed E-state index contributed by atoms with van der Waals surface area (Å²) in [6, 6.07) is 21.1. The van der Waals surface area contributed by atoms with Crippen molar-refractivity contribution in [3.63, 3.8) is 0 Å². The first-order valence-corrected chi connectivity index (χ1v) is 9.63. The van der Waals surface area contributed by atoms with Gasteiger partial charge in [0.15, 0.2) is 0 Å². The number of halogens is 1. The number of ether oxygens (including phenoxy) is 1. The van der Waals surface area contributed by atoms with Gasteiger partial charge in [0.05, 0.1) is 11.6 Å². The Morgan fingerprint density at radius 3 is 2.69 bits per heavy atom. The van der Waals surface area contributed by atoms with Crippen molar-refractivity contribution in [1.29, 1.82) is 0 Å². The first-order valence-electron chi connectivity index (χ1n) is 9.25. The molecule has 1 aromatic heterocycles. The summed E-state index contributed by atoms with van der Waals surface area (Å²) in [6.07, 6.45) is 0. The second kappa shape index (κ2) is 8.37. The van der Waals surface area contributed by atoms with Gasteiger partial charge in [-0.3, -0.25) is 4.79 Å². The van der Waals surface area contributed by atoms with Crippen LogP contribution in [0.4, 0.5) is 0 Å². The number of rotatable bonds is 6. The molecule has 0 bridgehead atoms. The fourth-order valence-electron chi connectivity index (χ4n) is 3.21. The summed E-state index contributed by atoms with van der Waals surface area (Å²) >= 11 is 6.25. The number of aromatic nitrogens is 1. The molecule has 4 rings (SSSR count). The molecular weight excluding hydrogens is 388 g/mol. The maximum absolute atomic E-state index is 12.7. The Morgan fingerprint density at radius 1 is 1.07 bits per heavy atom. The molecule has 0 radical (unpaired) electrons. The molecule has 1 heterocycles. The second-order valence-electron chi connectivity index (χ2n) is 6.52. The Balaban J connectivity index is 1.43. The predicted molar refractivity (Wildman–Crippen MR) is 113 cm³/mol. The summed E-state index contributed by atoms with van der Waals surface area (Å²) in [7, 11) is 0. The fourth-order valence-corrected chi connectivity index (χ4v) is 3.44. The summed E-state index contributed by atoms with van der Waals surface area (Å²) < 4.78 is 11.1. The highest BCUT2D eigenvalue weighted by Gasteiger charge is 2.22. The lowest BCUT2D eigenvalue weighted by Gasteiger charge is -2.10. The zero-order chi connectivity index (χ0) is 20.2. The Bertz CT molecular complexity index is 1160. The lowest BCUT2D eigenvalue weighted by atomic mass is 10.1. The highest BCUT2D eigenvalue weighted by Crippen LogP contribution is 2.31. The minimum Gasteiger partial charge on any atom is -0.491 e. The van der Waals surface area contributed by atoms with Crippen LogP contribution in [0.2, 0.25) is 5.02 Å². The van der Waals surface area contributed by atoms with Gasteiger partial charge < -0.3 is 14.6 Å². The summed E-state index contributed by atoms with van der Waals surface area (Å²) in [5, 5.41) is 9.55. The summed E-state index contributed by atoms with van der Waals surface area (Å²) in [5.41, 5.74) is 1.46. The van der Waals surface area contributed by atoms with Gasteiger partial charge in [-0.2, -0.15) is 0 Å². The molecule has 0 saturated heterocycles. The molecule has 6 heteroatoms. The van der Waals surface area contributed by atoms with Crippen LogP contribution in [0.25, 0.3) is 22.0 Å². The molecule has 0 aliphatic carbocycles. The third-order valence-electron chi connectivity index (χ3n) is 4.61. The number of benzene rings is 3. The Kier molecular flexibility index (Phi) is 5.49. The molecule has 1 N–H and O–H groups in total. The normalized spacial score (nSPS) is 10.8. The Hall–Kier alpha value is -3.31. The van der Waals surface area contributed by atoms with E-state index in [1.165, 1.54) is 0 Å². The lowest BCUT2D eigenvalue weighted by molar-refractivity contribution is 0.0946. The van der Waals surface area contributed by atoms with Gasteiger partial charge in [0.25, 0.3) is 5.91 Å². The van der Waals surface area contributed by atoms with E-state index < -0.39 is 0 Å². The van der Waals surface area contributed by atoms with E-state index in [0.717, 1.165) is 16.5 Å². The topological polar surface area (TPSA) is 64.4 Å². The van der Waals surface area contributed by atoms with Crippen molar-refractivity contribution < 1.29 is 14.1 Å². The van der Waals surface area contributed by atoms with Crippen molar-refractivity contribution >= 4 is 28.3 Å². The van der Waals surface area contributed by atoms with Gasteiger partial charge in [-0.25, -0.2) is 0 Å². The molecule has 3 aromatic carbocycles. The largest absolute Gasteiger partial charge is 0.491 e. The van der Waals surface area contributed by atoms with Gasteiger partial charge >= 0.3 is 0 Å². The molecule has 0 aliphatic rings. The number of amides is 1. The van der Waals surface area contributed by atoms with Crippen molar-refractivity contribution in [2.24, 2.45) is 0 Å². The van der Waals surface area contributed by atoms with Gasteiger partial charge in [-0.1, -0.05) is 71.4 Å². The van der Waals surface area contributed by atoms with E-state index >= 15 is 0 Å². The Labute approximate surface area is 173 Å². The zero-order valence-electron chi connectivity index (χ0n) is 15.8. The minimum absolute atomic E-state index is 0.278. The molecular formula is C23H19ClN2O3. The van der Waals surface area contributed by atoms with Crippen molar-refractivity contribution in [3.8, 4) is 17.0 Å². The number of nitrogens with one attached hydrogen (secondary N) is 1. The molecule has 0 fully saturated rings. The predicted octanol–water partition coefficient (Wildman–Crippen LogP) is 5.27. The van der Waals surface area contributed by atoms with Crippen molar-refractivity contribution in [2.75, 3.05) is 13.2 Å². The minimum atomic E-state index is -0.278. The second-order valence-corrected chi connectivity index (χ2v) is 6.93.